The van der Waals surface area contributed by atoms with Gasteiger partial charge in [-0.1, -0.05) is 53.7 Å². The van der Waals surface area contributed by atoms with Crippen LogP contribution in [0.5, 0.6) is 11.5 Å². The number of Topliss-reactive ketones (excluding diaryl/α,β-unsaturated/α-hetero) is 1. The topological polar surface area (TPSA) is 172 Å². The van der Waals surface area contributed by atoms with Crippen LogP contribution in [0.3, 0.4) is 0 Å². The van der Waals surface area contributed by atoms with E-state index in [0.717, 1.165) is 76.5 Å². The molecule has 1 unspecified atom stereocenters. The Balaban J connectivity index is 0. The normalized spacial score (nSPS) is 18.3. The molecule has 390 valence electrons. The number of thiol groups is 1. The van der Waals surface area contributed by atoms with Crippen molar-refractivity contribution in [1.29, 1.82) is 0 Å². The molecule has 14 heteroatoms. The molecule has 69 heavy (non-hydrogen) atoms. The molecule has 2 heterocycles. The average Bonchev–Trinajstić information content (AvgIpc) is 3.27. The Hall–Kier alpha value is -2.75. The van der Waals surface area contributed by atoms with E-state index in [1.165, 1.54) is 25.7 Å². The van der Waals surface area contributed by atoms with Crippen LogP contribution in [0.15, 0.2) is 65.1 Å². The van der Waals surface area contributed by atoms with Crippen molar-refractivity contribution in [2.24, 2.45) is 27.1 Å². The standard InChI is InChI=1S/C25H36N2O2S.C21H27NO2.4C2H6O.CH4S.Ti/c1-17(27-30(28)25(5,6)7)22-14-8-18-16-21(13-15-23(18)26-22)29-20-11-9-19(10-12-20)24(2,3)4;1-14(23)19-11-5-15-13-18(10-12-20(15)22-19)24-17-8-6-16(7-9-17)21(2,3)4;4*1-2-3;1-2;/h8,13-16,19-20H,9-12H2,1-7H3;5,10-13,16-17H,6-9H2,1-4H3;4*3H,2H2,1H3;2H,1H3;. The van der Waals surface area contributed by atoms with Crippen molar-refractivity contribution in [2.45, 2.75) is 172 Å². The molecular weight excluding hydrogens is 943 g/mol. The van der Waals surface area contributed by atoms with E-state index in [2.05, 4.69) is 69.6 Å². The minimum Gasteiger partial charge on any atom is -0.490 e. The Morgan fingerprint density at radius 2 is 0.913 bits per heavy atom. The Labute approximate surface area is 440 Å². The zero-order valence-electron chi connectivity index (χ0n) is 45.2. The molecule has 2 aliphatic rings. The summed E-state index contributed by atoms with van der Waals surface area (Å²) in [4.78, 5) is 20.5. The molecular formula is C55H91N3O8S2Ti. The SMILES string of the molecule is CC(=NS(=O)C(C)(C)C)c1ccc2cc(OC3CCC(C(C)(C)C)CC3)ccc2n1.CC(=O)c1ccc2cc(OC3CCC(C(C)(C)C)CC3)ccc2n1.CCO.CCO.CCO.CCO.CS.[Ti]. The average molecular weight is 1030 g/mol. The number of fused-ring (bicyclic) bond motifs is 2. The second-order valence-corrected chi connectivity index (χ2v) is 21.8. The van der Waals surface area contributed by atoms with E-state index in [4.69, 9.17) is 34.9 Å². The fourth-order valence-corrected chi connectivity index (χ4v) is 8.15. The van der Waals surface area contributed by atoms with Gasteiger partial charge in [-0.05, 0) is 184 Å². The maximum atomic E-state index is 12.3. The van der Waals surface area contributed by atoms with Crippen molar-refractivity contribution >= 4 is 56.9 Å². The van der Waals surface area contributed by atoms with Gasteiger partial charge < -0.3 is 29.9 Å². The van der Waals surface area contributed by atoms with Gasteiger partial charge in [0, 0.05) is 65.8 Å². The van der Waals surface area contributed by atoms with Gasteiger partial charge in [-0.2, -0.15) is 17.0 Å². The largest absolute Gasteiger partial charge is 0.490 e. The molecule has 2 aromatic carbocycles. The van der Waals surface area contributed by atoms with Crippen molar-refractivity contribution < 1.29 is 60.6 Å². The molecule has 2 fully saturated rings. The van der Waals surface area contributed by atoms with Gasteiger partial charge in [0.15, 0.2) is 5.78 Å². The van der Waals surface area contributed by atoms with Crippen LogP contribution in [0.4, 0.5) is 0 Å². The summed E-state index contributed by atoms with van der Waals surface area (Å²) in [5.74, 6) is 3.39. The third kappa shape index (κ3) is 26.5. The molecule has 11 nitrogen and oxygen atoms in total. The molecule has 2 aliphatic carbocycles. The van der Waals surface area contributed by atoms with Gasteiger partial charge >= 0.3 is 0 Å². The predicted octanol–water partition coefficient (Wildman–Crippen LogP) is 12.4. The first-order chi connectivity index (χ1) is 31.9. The molecule has 1 atom stereocenters. The molecule has 0 spiro atoms. The maximum Gasteiger partial charge on any atom is 0.178 e. The fraction of sp³-hybridized carbons (Fsp3) is 0.636. The number of benzene rings is 2. The minimum absolute atomic E-state index is 0. The van der Waals surface area contributed by atoms with Crippen LogP contribution in [0.25, 0.3) is 21.8 Å². The van der Waals surface area contributed by atoms with Crippen LogP contribution < -0.4 is 9.47 Å². The van der Waals surface area contributed by atoms with Crippen LogP contribution in [0.2, 0.25) is 0 Å². The predicted molar refractivity (Wildman–Crippen MR) is 291 cm³/mol. The molecule has 0 bridgehead atoms. The quantitative estimate of drug-likeness (QED) is 0.0519. The summed E-state index contributed by atoms with van der Waals surface area (Å²) in [6.07, 6.45) is 11.8. The molecule has 4 N–H and O–H groups in total. The number of rotatable bonds is 7. The van der Waals surface area contributed by atoms with Crippen LogP contribution in [-0.4, -0.2) is 95.7 Å². The third-order valence-corrected chi connectivity index (χ3v) is 12.7. The monoisotopic (exact) mass is 1030 g/mol. The number of aliphatic hydroxyl groups is 4. The van der Waals surface area contributed by atoms with Crippen molar-refractivity contribution in [3.8, 4) is 11.5 Å². The van der Waals surface area contributed by atoms with Gasteiger partial charge in [0.2, 0.25) is 0 Å². The summed E-state index contributed by atoms with van der Waals surface area (Å²) in [7, 11) is -1.29. The maximum absolute atomic E-state index is 12.3. The number of ketones is 1. The van der Waals surface area contributed by atoms with E-state index < -0.39 is 11.0 Å². The number of pyridine rings is 2. The van der Waals surface area contributed by atoms with E-state index in [9.17, 15) is 9.00 Å². The summed E-state index contributed by atoms with van der Waals surface area (Å²) in [6, 6.07) is 19.7. The molecule has 0 saturated heterocycles. The number of hydrogen-bond donors (Lipinski definition) is 5. The molecule has 4 aromatic rings. The first-order valence-electron chi connectivity index (χ1n) is 24.4. The first-order valence-corrected chi connectivity index (χ1v) is 26.4. The third-order valence-electron chi connectivity index (χ3n) is 11.2. The molecule has 0 amide bonds. The van der Waals surface area contributed by atoms with Gasteiger partial charge in [0.25, 0.3) is 0 Å². The van der Waals surface area contributed by atoms with Crippen molar-refractivity contribution in [3.63, 3.8) is 0 Å². The number of hydrogen-bond acceptors (Lipinski definition) is 11. The van der Waals surface area contributed by atoms with Crippen molar-refractivity contribution in [2.75, 3.05) is 32.7 Å². The number of nitrogens with zero attached hydrogens (tertiary/aromatic N) is 3. The van der Waals surface area contributed by atoms with E-state index in [1.807, 2.05) is 76.2 Å². The van der Waals surface area contributed by atoms with Gasteiger partial charge in [0.1, 0.15) is 28.2 Å². The molecule has 0 radical (unpaired) electrons. The van der Waals surface area contributed by atoms with Crippen LogP contribution in [-0.2, 0) is 32.7 Å². The number of aromatic nitrogens is 2. The second-order valence-electron chi connectivity index (χ2n) is 19.9. The van der Waals surface area contributed by atoms with Gasteiger partial charge in [-0.3, -0.25) is 4.79 Å². The Morgan fingerprint density at radius 3 is 1.22 bits per heavy atom. The zero-order chi connectivity index (χ0) is 52.3. The molecule has 2 aromatic heterocycles. The summed E-state index contributed by atoms with van der Waals surface area (Å²) < 4.78 is 28.8. The summed E-state index contributed by atoms with van der Waals surface area (Å²) in [5, 5.41) is 32.3. The van der Waals surface area contributed by atoms with Gasteiger partial charge in [-0.25, -0.2) is 14.2 Å². The Bertz CT molecular complexity index is 2060. The first kappa shape index (κ1) is 68.3. The van der Waals surface area contributed by atoms with Crippen LogP contribution in [0.1, 0.15) is 171 Å². The minimum atomic E-state index is -1.29. The molecule has 0 aliphatic heterocycles. The Kier molecular flexibility index (Phi) is 35.0. The molecule has 6 rings (SSSR count). The smallest absolute Gasteiger partial charge is 0.178 e. The number of ether oxygens (including phenoxy) is 2. The van der Waals surface area contributed by atoms with E-state index in [1.54, 1.807) is 46.9 Å². The van der Waals surface area contributed by atoms with Crippen LogP contribution >= 0.6 is 12.6 Å². The second kappa shape index (κ2) is 35.4. The molecule has 2 saturated carbocycles. The van der Waals surface area contributed by atoms with E-state index in [-0.39, 0.29) is 58.7 Å². The Morgan fingerprint density at radius 1 is 0.594 bits per heavy atom. The number of aliphatic hydroxyl groups excluding tert-OH is 4. The fourth-order valence-electron chi connectivity index (χ4n) is 7.54. The summed E-state index contributed by atoms with van der Waals surface area (Å²) >= 11 is 3.53. The van der Waals surface area contributed by atoms with E-state index in [0.29, 0.717) is 34.4 Å². The number of carbonyl (C=O) groups excluding carboxylic acids is 1. The van der Waals surface area contributed by atoms with Crippen molar-refractivity contribution in [1.82, 2.24) is 9.97 Å². The zero-order valence-corrected chi connectivity index (χ0v) is 48.5. The van der Waals surface area contributed by atoms with Gasteiger partial charge in [0.05, 0.1) is 39.4 Å². The van der Waals surface area contributed by atoms with E-state index >= 15 is 0 Å². The number of carbonyl (C=O) groups is 1. The van der Waals surface area contributed by atoms with Gasteiger partial charge in [-0.15, -0.1) is 0 Å². The van der Waals surface area contributed by atoms with Crippen LogP contribution in [0, 0.1) is 22.7 Å². The summed E-state index contributed by atoms with van der Waals surface area (Å²) in [5.41, 5.74) is 4.48. The van der Waals surface area contributed by atoms with Crippen molar-refractivity contribution in [3.05, 3.63) is 72.1 Å². The summed E-state index contributed by atoms with van der Waals surface area (Å²) in [6.45, 7) is 30.9.